The lowest BCUT2D eigenvalue weighted by Crippen LogP contribution is -2.40. The zero-order chi connectivity index (χ0) is 15.4. The molecule has 0 heterocycles. The molecule has 1 amide bonds. The van der Waals surface area contributed by atoms with Gasteiger partial charge in [-0.2, -0.15) is 0 Å². The summed E-state index contributed by atoms with van der Waals surface area (Å²) in [4.78, 5) is 13.6. The summed E-state index contributed by atoms with van der Waals surface area (Å²) >= 11 is 0. The normalized spacial score (nSPS) is 11.4. The van der Waals surface area contributed by atoms with Crippen LogP contribution < -0.4 is 11.5 Å². The fourth-order valence-corrected chi connectivity index (χ4v) is 1.34. The van der Waals surface area contributed by atoms with Crippen molar-refractivity contribution in [2.45, 2.75) is 26.4 Å². The third-order valence-electron chi connectivity index (χ3n) is 2.19. The van der Waals surface area contributed by atoms with Gasteiger partial charge < -0.3 is 30.6 Å². The van der Waals surface area contributed by atoms with Crippen LogP contribution in [0.15, 0.2) is 0 Å². The van der Waals surface area contributed by atoms with Crippen molar-refractivity contribution in [3.05, 3.63) is 0 Å². The molecule has 0 aromatic rings. The smallest absolute Gasteiger partial charge is 0.410 e. The van der Waals surface area contributed by atoms with E-state index in [4.69, 9.17) is 25.7 Å². The minimum absolute atomic E-state index is 0.370. The van der Waals surface area contributed by atoms with E-state index in [0.717, 1.165) is 0 Å². The van der Waals surface area contributed by atoms with Crippen molar-refractivity contribution in [3.63, 3.8) is 0 Å². The third kappa shape index (κ3) is 11.0. The molecule has 0 aliphatic heterocycles. The number of carbonyl (C=O) groups excluding carboxylic acids is 1. The number of nitrogens with two attached hydrogens (primary N) is 2. The van der Waals surface area contributed by atoms with Gasteiger partial charge in [-0.15, -0.1) is 0 Å². The molecule has 0 aliphatic carbocycles. The van der Waals surface area contributed by atoms with E-state index in [2.05, 4.69) is 0 Å². The molecule has 0 unspecified atom stereocenters. The van der Waals surface area contributed by atoms with Crippen LogP contribution in [0.5, 0.6) is 0 Å². The van der Waals surface area contributed by atoms with Crippen LogP contribution in [0.1, 0.15) is 20.8 Å². The Hall–Kier alpha value is -0.890. The molecule has 0 radical (unpaired) electrons. The highest BCUT2D eigenvalue weighted by molar-refractivity contribution is 5.68. The van der Waals surface area contributed by atoms with E-state index < -0.39 is 5.60 Å². The molecule has 0 aromatic carbocycles. The van der Waals surface area contributed by atoms with E-state index in [1.165, 1.54) is 0 Å². The minimum atomic E-state index is -0.522. The number of rotatable bonds is 10. The molecular weight excluding hydrogens is 262 g/mol. The fraction of sp³-hybridized carbons (Fsp3) is 0.923. The summed E-state index contributed by atoms with van der Waals surface area (Å²) in [5.74, 6) is 0. The standard InChI is InChI=1S/C13H29N3O4/c1-13(2,3)20-12(17)16(6-10-18-8-4-14)7-11-19-9-5-15/h4-11,14-15H2,1-3H3. The minimum Gasteiger partial charge on any atom is -0.444 e. The van der Waals surface area contributed by atoms with Gasteiger partial charge in [0.05, 0.1) is 26.4 Å². The fourth-order valence-electron chi connectivity index (χ4n) is 1.34. The molecule has 7 nitrogen and oxygen atoms in total. The van der Waals surface area contributed by atoms with E-state index >= 15 is 0 Å². The number of carbonyl (C=O) groups is 1. The SMILES string of the molecule is CC(C)(C)OC(=O)N(CCOCCN)CCOCCN. The van der Waals surface area contributed by atoms with Crippen LogP contribution >= 0.6 is 0 Å². The van der Waals surface area contributed by atoms with Crippen molar-refractivity contribution < 1.29 is 19.0 Å². The highest BCUT2D eigenvalue weighted by Crippen LogP contribution is 2.09. The Morgan fingerprint density at radius 1 is 0.950 bits per heavy atom. The summed E-state index contributed by atoms with van der Waals surface area (Å²) in [5.41, 5.74) is 10.2. The number of hydrogen-bond acceptors (Lipinski definition) is 6. The van der Waals surface area contributed by atoms with E-state index in [1.807, 2.05) is 20.8 Å². The first-order valence-corrected chi connectivity index (χ1v) is 6.94. The van der Waals surface area contributed by atoms with E-state index in [9.17, 15) is 4.79 Å². The number of hydrogen-bond donors (Lipinski definition) is 2. The predicted octanol–water partition coefficient (Wildman–Crippen LogP) is 0.174. The second kappa shape index (κ2) is 10.8. The topological polar surface area (TPSA) is 100 Å². The lowest BCUT2D eigenvalue weighted by Gasteiger charge is -2.27. The largest absolute Gasteiger partial charge is 0.444 e. The van der Waals surface area contributed by atoms with Crippen molar-refractivity contribution in [2.75, 3.05) is 52.6 Å². The molecule has 0 bridgehead atoms. The van der Waals surface area contributed by atoms with Gasteiger partial charge in [0.25, 0.3) is 0 Å². The molecule has 0 spiro atoms. The van der Waals surface area contributed by atoms with Gasteiger partial charge in [0, 0.05) is 26.2 Å². The summed E-state index contributed by atoms with van der Waals surface area (Å²) in [6, 6.07) is 0. The number of nitrogens with zero attached hydrogens (tertiary/aromatic N) is 1. The zero-order valence-corrected chi connectivity index (χ0v) is 12.9. The molecule has 0 aliphatic rings. The Bertz CT molecular complexity index is 244. The molecule has 0 atom stereocenters. The van der Waals surface area contributed by atoms with Crippen LogP contribution in [0.4, 0.5) is 4.79 Å². The first-order valence-electron chi connectivity index (χ1n) is 6.94. The Balaban J connectivity index is 4.18. The maximum atomic E-state index is 12.0. The van der Waals surface area contributed by atoms with Gasteiger partial charge in [0.2, 0.25) is 0 Å². The summed E-state index contributed by atoms with van der Waals surface area (Å²) < 4.78 is 15.9. The average molecular weight is 291 g/mol. The highest BCUT2D eigenvalue weighted by Gasteiger charge is 2.21. The van der Waals surface area contributed by atoms with Crippen molar-refractivity contribution in [1.82, 2.24) is 4.90 Å². The van der Waals surface area contributed by atoms with Gasteiger partial charge in [0.15, 0.2) is 0 Å². The Morgan fingerprint density at radius 2 is 1.40 bits per heavy atom. The lowest BCUT2D eigenvalue weighted by atomic mass is 10.2. The monoisotopic (exact) mass is 291 g/mol. The van der Waals surface area contributed by atoms with E-state index in [1.54, 1.807) is 4.90 Å². The van der Waals surface area contributed by atoms with Gasteiger partial charge >= 0.3 is 6.09 Å². The quantitative estimate of drug-likeness (QED) is 0.557. The molecule has 0 aromatic heterocycles. The van der Waals surface area contributed by atoms with Crippen LogP contribution in [-0.2, 0) is 14.2 Å². The molecule has 0 fully saturated rings. The van der Waals surface area contributed by atoms with Crippen LogP contribution in [0.3, 0.4) is 0 Å². The predicted molar refractivity (Wildman–Crippen MR) is 77.6 cm³/mol. The summed E-state index contributed by atoms with van der Waals surface area (Å²) in [6.07, 6.45) is -0.370. The summed E-state index contributed by atoms with van der Waals surface area (Å²) in [7, 11) is 0. The molecule has 120 valence electrons. The first-order chi connectivity index (χ1) is 9.40. The van der Waals surface area contributed by atoms with Crippen molar-refractivity contribution in [3.8, 4) is 0 Å². The average Bonchev–Trinajstić information content (AvgIpc) is 2.34. The second-order valence-electron chi connectivity index (χ2n) is 5.27. The van der Waals surface area contributed by atoms with E-state index in [0.29, 0.717) is 52.6 Å². The molecule has 0 rings (SSSR count). The van der Waals surface area contributed by atoms with Gasteiger partial charge in [-0.1, -0.05) is 0 Å². The Kier molecular flexibility index (Phi) is 10.4. The van der Waals surface area contributed by atoms with Crippen molar-refractivity contribution in [2.24, 2.45) is 11.5 Å². The number of ether oxygens (including phenoxy) is 3. The van der Waals surface area contributed by atoms with Gasteiger partial charge in [0.1, 0.15) is 5.60 Å². The molecule has 20 heavy (non-hydrogen) atoms. The molecule has 4 N–H and O–H groups in total. The number of amides is 1. The highest BCUT2D eigenvalue weighted by atomic mass is 16.6. The van der Waals surface area contributed by atoms with Crippen LogP contribution in [0.25, 0.3) is 0 Å². The molecular formula is C13H29N3O4. The van der Waals surface area contributed by atoms with Crippen molar-refractivity contribution in [1.29, 1.82) is 0 Å². The Morgan fingerprint density at radius 3 is 1.75 bits per heavy atom. The first kappa shape index (κ1) is 19.1. The molecule has 7 heteroatoms. The lowest BCUT2D eigenvalue weighted by molar-refractivity contribution is 0.0106. The van der Waals surface area contributed by atoms with Crippen LogP contribution in [-0.4, -0.2) is 69.2 Å². The van der Waals surface area contributed by atoms with E-state index in [-0.39, 0.29) is 6.09 Å². The molecule has 0 saturated heterocycles. The second-order valence-corrected chi connectivity index (χ2v) is 5.27. The zero-order valence-electron chi connectivity index (χ0n) is 12.9. The molecule has 0 saturated carbocycles. The van der Waals surface area contributed by atoms with Gasteiger partial charge in [-0.3, -0.25) is 0 Å². The maximum absolute atomic E-state index is 12.0. The van der Waals surface area contributed by atoms with Gasteiger partial charge in [-0.05, 0) is 20.8 Å². The summed E-state index contributed by atoms with van der Waals surface area (Å²) in [5, 5.41) is 0. The van der Waals surface area contributed by atoms with Crippen LogP contribution in [0.2, 0.25) is 0 Å². The maximum Gasteiger partial charge on any atom is 0.410 e. The third-order valence-corrected chi connectivity index (χ3v) is 2.19. The summed E-state index contributed by atoms with van der Waals surface area (Å²) in [6.45, 7) is 9.12. The Labute approximate surface area is 121 Å². The van der Waals surface area contributed by atoms with Crippen molar-refractivity contribution >= 4 is 6.09 Å². The van der Waals surface area contributed by atoms with Gasteiger partial charge in [-0.25, -0.2) is 4.79 Å². The van der Waals surface area contributed by atoms with Crippen LogP contribution in [0, 0.1) is 0 Å².